The van der Waals surface area contributed by atoms with Gasteiger partial charge in [0.2, 0.25) is 0 Å². The zero-order chi connectivity index (χ0) is 29.8. The highest BCUT2D eigenvalue weighted by molar-refractivity contribution is 6.39. The Hall–Kier alpha value is -5.44. The van der Waals surface area contributed by atoms with Crippen molar-refractivity contribution in [1.29, 1.82) is 0 Å². The topological polar surface area (TPSA) is 111 Å². The molecular formula is C33H28N2O7. The molecule has 0 atom stereocenters. The molecule has 9 heteroatoms. The number of urea groups is 1. The molecular weight excluding hydrogens is 536 g/mol. The molecule has 4 aromatic rings. The average Bonchev–Trinajstić information content (AvgIpc) is 2.99. The van der Waals surface area contributed by atoms with E-state index in [1.54, 1.807) is 25.1 Å². The highest BCUT2D eigenvalue weighted by Crippen LogP contribution is 2.32. The number of nitrogens with one attached hydrogen (secondary N) is 1. The minimum Gasteiger partial charge on any atom is -0.493 e. The molecule has 0 aliphatic carbocycles. The van der Waals surface area contributed by atoms with Crippen LogP contribution in [0.25, 0.3) is 16.8 Å². The van der Waals surface area contributed by atoms with Crippen LogP contribution in [0.3, 0.4) is 0 Å². The van der Waals surface area contributed by atoms with Crippen LogP contribution in [0, 0.1) is 6.92 Å². The summed E-state index contributed by atoms with van der Waals surface area (Å²) in [5, 5.41) is 4.42. The standard InChI is InChI=1S/C33H28N2O7/c1-4-41-32(38)23-12-14-24(15-13-23)35-31(37)26(30(36)34-33(35)39)17-21-10-16-28(29(18-21)40-3)42-19-27-20(2)9-11-22-7-5-6-8-25(22)27/h5-18H,4,19H2,1-3H3,(H,34,36,39)/b26-17+. The molecule has 1 N–H and O–H groups in total. The second-order valence-electron chi connectivity index (χ2n) is 9.51. The second-order valence-corrected chi connectivity index (χ2v) is 9.51. The van der Waals surface area contributed by atoms with Crippen LogP contribution in [0.4, 0.5) is 10.5 Å². The molecule has 1 fully saturated rings. The highest BCUT2D eigenvalue weighted by atomic mass is 16.5. The Morgan fingerprint density at radius 2 is 1.69 bits per heavy atom. The van der Waals surface area contributed by atoms with Crippen molar-refractivity contribution in [3.8, 4) is 11.5 Å². The molecule has 4 aromatic carbocycles. The fraction of sp³-hybridized carbons (Fsp3) is 0.152. The van der Waals surface area contributed by atoms with Crippen LogP contribution >= 0.6 is 0 Å². The zero-order valence-corrected chi connectivity index (χ0v) is 23.3. The van der Waals surface area contributed by atoms with Gasteiger partial charge in [-0.3, -0.25) is 14.9 Å². The summed E-state index contributed by atoms with van der Waals surface area (Å²) in [5.41, 5.74) is 2.87. The van der Waals surface area contributed by atoms with Gasteiger partial charge >= 0.3 is 12.0 Å². The second kappa shape index (κ2) is 12.0. The number of hydrogen-bond acceptors (Lipinski definition) is 7. The number of ether oxygens (including phenoxy) is 3. The summed E-state index contributed by atoms with van der Waals surface area (Å²) in [4.78, 5) is 51.4. The summed E-state index contributed by atoms with van der Waals surface area (Å²) in [7, 11) is 1.50. The number of rotatable bonds is 8. The van der Waals surface area contributed by atoms with Crippen molar-refractivity contribution in [3.05, 3.63) is 107 Å². The van der Waals surface area contributed by atoms with Gasteiger partial charge in [0, 0.05) is 5.56 Å². The fourth-order valence-corrected chi connectivity index (χ4v) is 4.70. The Balaban J connectivity index is 1.38. The smallest absolute Gasteiger partial charge is 0.338 e. The average molecular weight is 565 g/mol. The third-order valence-corrected chi connectivity index (χ3v) is 6.88. The van der Waals surface area contributed by atoms with Crippen LogP contribution in [-0.2, 0) is 20.9 Å². The molecule has 0 aromatic heterocycles. The lowest BCUT2D eigenvalue weighted by Crippen LogP contribution is -2.54. The van der Waals surface area contributed by atoms with Gasteiger partial charge in [0.1, 0.15) is 12.2 Å². The van der Waals surface area contributed by atoms with Gasteiger partial charge in [0.05, 0.1) is 25.0 Å². The number of hydrogen-bond donors (Lipinski definition) is 1. The Bertz CT molecular complexity index is 1740. The molecule has 1 aliphatic rings. The van der Waals surface area contributed by atoms with Crippen LogP contribution in [0.5, 0.6) is 11.5 Å². The molecule has 0 radical (unpaired) electrons. The van der Waals surface area contributed by atoms with Crippen molar-refractivity contribution in [1.82, 2.24) is 5.32 Å². The Labute approximate surface area is 242 Å². The first-order valence-corrected chi connectivity index (χ1v) is 13.3. The summed E-state index contributed by atoms with van der Waals surface area (Å²) < 4.78 is 16.7. The van der Waals surface area contributed by atoms with Crippen LogP contribution in [0.2, 0.25) is 0 Å². The van der Waals surface area contributed by atoms with Crippen molar-refractivity contribution in [2.75, 3.05) is 18.6 Å². The van der Waals surface area contributed by atoms with E-state index in [1.165, 1.54) is 37.5 Å². The third-order valence-electron chi connectivity index (χ3n) is 6.88. The third kappa shape index (κ3) is 5.57. The van der Waals surface area contributed by atoms with Crippen molar-refractivity contribution in [2.45, 2.75) is 20.5 Å². The van der Waals surface area contributed by atoms with Gasteiger partial charge in [-0.2, -0.15) is 0 Å². The minimum absolute atomic E-state index is 0.189. The van der Waals surface area contributed by atoms with Crippen molar-refractivity contribution in [3.63, 3.8) is 0 Å². The molecule has 42 heavy (non-hydrogen) atoms. The maximum Gasteiger partial charge on any atom is 0.338 e. The van der Waals surface area contributed by atoms with Crippen LogP contribution < -0.4 is 19.7 Å². The van der Waals surface area contributed by atoms with E-state index in [0.717, 1.165) is 26.8 Å². The lowest BCUT2D eigenvalue weighted by atomic mass is 10.0. The quantitative estimate of drug-likeness (QED) is 0.169. The molecule has 4 amide bonds. The number of nitrogens with zero attached hydrogens (tertiary/aromatic N) is 1. The van der Waals surface area contributed by atoms with Gasteiger partial charge in [-0.05, 0) is 78.2 Å². The molecule has 212 valence electrons. The lowest BCUT2D eigenvalue weighted by Gasteiger charge is -2.26. The highest BCUT2D eigenvalue weighted by Gasteiger charge is 2.37. The largest absolute Gasteiger partial charge is 0.493 e. The number of amides is 4. The molecule has 1 saturated heterocycles. The number of barbiturate groups is 1. The zero-order valence-electron chi connectivity index (χ0n) is 23.3. The number of fused-ring (bicyclic) bond motifs is 1. The Kier molecular flexibility index (Phi) is 8.01. The van der Waals surface area contributed by atoms with E-state index in [2.05, 4.69) is 29.6 Å². The molecule has 5 rings (SSSR count). The SMILES string of the molecule is CCOC(=O)c1ccc(N2C(=O)NC(=O)/C(=C\c3ccc(OCc4c(C)ccc5ccccc45)c(OC)c3)C2=O)cc1. The predicted molar refractivity (Wildman–Crippen MR) is 157 cm³/mol. The number of methoxy groups -OCH3 is 1. The molecule has 9 nitrogen and oxygen atoms in total. The first-order chi connectivity index (χ1) is 20.3. The monoisotopic (exact) mass is 564 g/mol. The van der Waals surface area contributed by atoms with E-state index in [-0.39, 0.29) is 23.4 Å². The molecule has 1 aliphatic heterocycles. The number of carbonyl (C=O) groups is 4. The van der Waals surface area contributed by atoms with E-state index in [1.807, 2.05) is 19.1 Å². The fourth-order valence-electron chi connectivity index (χ4n) is 4.70. The summed E-state index contributed by atoms with van der Waals surface area (Å²) >= 11 is 0. The Morgan fingerprint density at radius 1 is 0.929 bits per heavy atom. The first kappa shape index (κ1) is 28.1. The number of imide groups is 2. The maximum absolute atomic E-state index is 13.3. The molecule has 0 bridgehead atoms. The van der Waals surface area contributed by atoms with Crippen molar-refractivity contribution >= 4 is 46.4 Å². The van der Waals surface area contributed by atoms with Crippen molar-refractivity contribution < 1.29 is 33.4 Å². The lowest BCUT2D eigenvalue weighted by molar-refractivity contribution is -0.122. The number of benzene rings is 4. The summed E-state index contributed by atoms with van der Waals surface area (Å²) in [6.07, 6.45) is 1.38. The summed E-state index contributed by atoms with van der Waals surface area (Å²) in [6, 6.07) is 22.1. The van der Waals surface area contributed by atoms with E-state index in [9.17, 15) is 19.2 Å². The normalized spacial score (nSPS) is 14.2. The molecule has 1 heterocycles. The Morgan fingerprint density at radius 3 is 2.43 bits per heavy atom. The van der Waals surface area contributed by atoms with E-state index in [0.29, 0.717) is 23.7 Å². The first-order valence-electron chi connectivity index (χ1n) is 13.3. The predicted octanol–water partition coefficient (Wildman–Crippen LogP) is 5.58. The van der Waals surface area contributed by atoms with Crippen LogP contribution in [0.15, 0.2) is 84.4 Å². The number of aryl methyl sites for hydroxylation is 1. The maximum atomic E-state index is 13.3. The van der Waals surface area contributed by atoms with E-state index >= 15 is 0 Å². The van der Waals surface area contributed by atoms with Crippen LogP contribution in [-0.4, -0.2) is 37.5 Å². The number of carbonyl (C=O) groups excluding carboxylic acids is 4. The van der Waals surface area contributed by atoms with E-state index < -0.39 is 23.8 Å². The number of esters is 1. The van der Waals surface area contributed by atoms with Gasteiger partial charge < -0.3 is 14.2 Å². The van der Waals surface area contributed by atoms with Gasteiger partial charge in [-0.1, -0.05) is 42.5 Å². The summed E-state index contributed by atoms with van der Waals surface area (Å²) in [6.45, 7) is 4.26. The molecule has 0 spiro atoms. The van der Waals surface area contributed by atoms with Crippen LogP contribution in [0.1, 0.15) is 34.0 Å². The molecule has 0 unspecified atom stereocenters. The van der Waals surface area contributed by atoms with E-state index in [4.69, 9.17) is 14.2 Å². The minimum atomic E-state index is -0.893. The van der Waals surface area contributed by atoms with Crippen molar-refractivity contribution in [2.24, 2.45) is 0 Å². The van der Waals surface area contributed by atoms with Gasteiger partial charge in [-0.15, -0.1) is 0 Å². The summed E-state index contributed by atoms with van der Waals surface area (Å²) in [5.74, 6) is -1.25. The van der Waals surface area contributed by atoms with Gasteiger partial charge in [0.15, 0.2) is 11.5 Å². The van der Waals surface area contributed by atoms with Gasteiger partial charge in [-0.25, -0.2) is 14.5 Å². The van der Waals surface area contributed by atoms with Gasteiger partial charge in [0.25, 0.3) is 11.8 Å². The number of anilines is 1. The molecule has 0 saturated carbocycles.